The predicted octanol–water partition coefficient (Wildman–Crippen LogP) is 4.79. The fraction of sp³-hybridized carbons (Fsp3) is 0.963. The predicted molar refractivity (Wildman–Crippen MR) is 131 cm³/mol. The molecule has 4 nitrogen and oxygen atoms in total. The van der Waals surface area contributed by atoms with E-state index in [1.165, 1.54) is 122 Å². The first-order valence-electron chi connectivity index (χ1n) is 13.7. The molecule has 0 spiro atoms. The summed E-state index contributed by atoms with van der Waals surface area (Å²) in [5.41, 5.74) is 0. The van der Waals surface area contributed by atoms with Gasteiger partial charge in [0.1, 0.15) is 6.10 Å². The van der Waals surface area contributed by atoms with E-state index < -0.39 is 5.97 Å². The molecule has 0 fully saturated rings. The highest BCUT2D eigenvalue weighted by molar-refractivity contribution is 4.65. The van der Waals surface area contributed by atoms with Crippen molar-refractivity contribution in [2.75, 3.05) is 0 Å². The average molecular weight is 479 g/mol. The fourth-order valence-electron chi connectivity index (χ4n) is 4.18. The monoisotopic (exact) mass is 478 g/mol. The van der Waals surface area contributed by atoms with Crippen LogP contribution in [0.1, 0.15) is 155 Å². The molecule has 32 heavy (non-hydrogen) atoms. The summed E-state index contributed by atoms with van der Waals surface area (Å²) in [6.45, 7) is 4.99. The molecule has 0 aromatic carbocycles. The Bertz CT molecular complexity index is 347. The van der Waals surface area contributed by atoms with Gasteiger partial charge in [0.2, 0.25) is 0 Å². The number of unbranched alkanes of at least 4 members (excludes halogenated alkanes) is 19. The van der Waals surface area contributed by atoms with Gasteiger partial charge in [-0.15, -0.1) is 0 Å². The van der Waals surface area contributed by atoms with Crippen LogP contribution in [-0.2, 0) is 4.74 Å². The Balaban J connectivity index is 0. The standard InChI is InChI=1S/C27H55O4.ClH/c1-3-5-6-7-8-9-10-11-12-13-14-15-16-17-18-19-20-21-22-23-24-26(4-2)31-25-27(28,29)30;/h25-26,28-30H,3-24H2,1-2H3;1H/q+1;/p-1. The quantitative estimate of drug-likeness (QED) is 0.100. The van der Waals surface area contributed by atoms with Gasteiger partial charge >= 0.3 is 12.6 Å². The molecule has 0 aliphatic heterocycles. The van der Waals surface area contributed by atoms with Crippen LogP contribution in [0, 0.1) is 6.61 Å². The Kier molecular flexibility index (Phi) is 27.4. The van der Waals surface area contributed by atoms with Crippen molar-refractivity contribution in [2.24, 2.45) is 0 Å². The number of aliphatic hydroxyl groups is 3. The molecule has 1 atom stereocenters. The van der Waals surface area contributed by atoms with Gasteiger partial charge in [0.15, 0.2) is 0 Å². The Hall–Kier alpha value is 0. The maximum Gasteiger partial charge on any atom is 0.468 e. The van der Waals surface area contributed by atoms with Crippen molar-refractivity contribution in [1.29, 1.82) is 0 Å². The average Bonchev–Trinajstić information content (AvgIpc) is 2.73. The third kappa shape index (κ3) is 28.0. The van der Waals surface area contributed by atoms with Gasteiger partial charge in [-0.1, -0.05) is 142 Å². The van der Waals surface area contributed by atoms with Crippen molar-refractivity contribution in [2.45, 2.75) is 167 Å². The molecule has 3 N–H and O–H groups in total. The van der Waals surface area contributed by atoms with E-state index in [9.17, 15) is 0 Å². The van der Waals surface area contributed by atoms with Crippen LogP contribution in [0.15, 0.2) is 0 Å². The molecule has 0 heterocycles. The minimum Gasteiger partial charge on any atom is -1.00 e. The summed E-state index contributed by atoms with van der Waals surface area (Å²) in [6, 6.07) is 0. The number of halogens is 1. The third-order valence-electron chi connectivity index (χ3n) is 6.25. The van der Waals surface area contributed by atoms with Crippen LogP contribution in [0.5, 0.6) is 0 Å². The smallest absolute Gasteiger partial charge is 0.468 e. The van der Waals surface area contributed by atoms with Gasteiger partial charge in [-0.2, -0.15) is 4.74 Å². The van der Waals surface area contributed by atoms with Crippen LogP contribution in [0.2, 0.25) is 0 Å². The Morgan fingerprint density at radius 3 is 1.16 bits per heavy atom. The number of hydrogen-bond donors (Lipinski definition) is 3. The van der Waals surface area contributed by atoms with Crippen LogP contribution in [0.3, 0.4) is 0 Å². The number of ether oxygens (including phenoxy) is 1. The van der Waals surface area contributed by atoms with Gasteiger partial charge in [-0.05, 0) is 12.8 Å². The van der Waals surface area contributed by atoms with Gasteiger partial charge in [-0.3, -0.25) is 0 Å². The molecule has 194 valence electrons. The summed E-state index contributed by atoms with van der Waals surface area (Å²) in [5.74, 6) is -2.83. The van der Waals surface area contributed by atoms with E-state index in [1.54, 1.807) is 0 Å². The topological polar surface area (TPSA) is 69.9 Å². The molecule has 0 radical (unpaired) electrons. The van der Waals surface area contributed by atoms with Crippen molar-refractivity contribution in [1.82, 2.24) is 0 Å². The first-order chi connectivity index (χ1) is 15.0. The molecular formula is C27H55ClO4. The molecule has 0 aromatic heterocycles. The minimum atomic E-state index is -2.83. The van der Waals surface area contributed by atoms with Gasteiger partial charge in [0, 0.05) is 0 Å². The second-order valence-corrected chi connectivity index (χ2v) is 9.48. The molecule has 0 saturated heterocycles. The van der Waals surface area contributed by atoms with E-state index in [2.05, 4.69) is 6.92 Å². The van der Waals surface area contributed by atoms with Crippen LogP contribution in [-0.4, -0.2) is 27.4 Å². The van der Waals surface area contributed by atoms with Crippen molar-refractivity contribution in [3.8, 4) is 0 Å². The molecule has 5 heteroatoms. The SMILES string of the molecule is CCCCCCCCCCCCCCCCCCCCCCC(CC)O[CH+]C(O)(O)O.[Cl-]. The Morgan fingerprint density at radius 1 is 0.562 bits per heavy atom. The van der Waals surface area contributed by atoms with E-state index >= 15 is 0 Å². The molecule has 0 aliphatic carbocycles. The molecule has 0 aromatic rings. The zero-order valence-corrected chi connectivity index (χ0v) is 22.1. The highest BCUT2D eigenvalue weighted by atomic mass is 35.5. The van der Waals surface area contributed by atoms with Crippen LogP contribution in [0.25, 0.3) is 0 Å². The third-order valence-corrected chi connectivity index (χ3v) is 6.25. The van der Waals surface area contributed by atoms with Crippen LogP contribution >= 0.6 is 0 Å². The molecule has 0 rings (SSSR count). The normalized spacial score (nSPS) is 12.5. The second-order valence-electron chi connectivity index (χ2n) is 9.48. The molecule has 0 amide bonds. The Labute approximate surface area is 206 Å². The van der Waals surface area contributed by atoms with Crippen molar-refractivity contribution in [3.05, 3.63) is 6.61 Å². The summed E-state index contributed by atoms with van der Waals surface area (Å²) < 4.78 is 5.22. The lowest BCUT2D eigenvalue weighted by Crippen LogP contribution is -3.00. The summed E-state index contributed by atoms with van der Waals surface area (Å²) in [6.07, 6.45) is 29.2. The summed E-state index contributed by atoms with van der Waals surface area (Å²) in [5, 5.41) is 26.5. The van der Waals surface area contributed by atoms with Gasteiger partial charge < -0.3 is 27.7 Å². The van der Waals surface area contributed by atoms with Crippen LogP contribution < -0.4 is 12.4 Å². The lowest BCUT2D eigenvalue weighted by molar-refractivity contribution is -0.310. The number of rotatable bonds is 25. The molecule has 0 aliphatic rings. The summed E-state index contributed by atoms with van der Waals surface area (Å²) >= 11 is 0. The van der Waals surface area contributed by atoms with Gasteiger partial charge in [0.25, 0.3) is 0 Å². The summed E-state index contributed by atoms with van der Waals surface area (Å²) in [7, 11) is 0. The maximum absolute atomic E-state index is 8.83. The van der Waals surface area contributed by atoms with Crippen molar-refractivity contribution >= 4 is 0 Å². The highest BCUT2D eigenvalue weighted by Gasteiger charge is 2.33. The minimum absolute atomic E-state index is 0. The highest BCUT2D eigenvalue weighted by Crippen LogP contribution is 2.17. The Morgan fingerprint density at radius 2 is 0.875 bits per heavy atom. The van der Waals surface area contributed by atoms with E-state index in [-0.39, 0.29) is 18.5 Å². The summed E-state index contributed by atoms with van der Waals surface area (Å²) in [4.78, 5) is 0. The zero-order valence-electron chi connectivity index (χ0n) is 21.3. The van der Waals surface area contributed by atoms with E-state index in [4.69, 9.17) is 20.1 Å². The molecule has 0 saturated carbocycles. The first-order valence-corrected chi connectivity index (χ1v) is 13.7. The largest absolute Gasteiger partial charge is 1.00 e. The number of hydrogen-bond acceptors (Lipinski definition) is 4. The van der Waals surface area contributed by atoms with E-state index in [1.807, 2.05) is 6.92 Å². The van der Waals surface area contributed by atoms with E-state index in [0.29, 0.717) is 6.61 Å². The molecule has 0 bridgehead atoms. The van der Waals surface area contributed by atoms with Gasteiger partial charge in [-0.25, -0.2) is 0 Å². The first kappa shape index (κ1) is 34.2. The van der Waals surface area contributed by atoms with Crippen LogP contribution in [0.4, 0.5) is 0 Å². The van der Waals surface area contributed by atoms with Gasteiger partial charge in [0.05, 0.1) is 0 Å². The lowest BCUT2D eigenvalue weighted by Gasteiger charge is -2.11. The fourth-order valence-corrected chi connectivity index (χ4v) is 4.18. The molecule has 1 unspecified atom stereocenters. The second kappa shape index (κ2) is 25.6. The maximum atomic E-state index is 8.83. The van der Waals surface area contributed by atoms with Crippen molar-refractivity contribution in [3.63, 3.8) is 0 Å². The van der Waals surface area contributed by atoms with E-state index in [0.717, 1.165) is 19.3 Å². The van der Waals surface area contributed by atoms with Crippen molar-refractivity contribution < 1.29 is 32.5 Å². The zero-order chi connectivity index (χ0) is 23.0. The molecular weight excluding hydrogens is 424 g/mol. The lowest BCUT2D eigenvalue weighted by atomic mass is 10.0.